The molecule has 0 radical (unpaired) electrons. The molecule has 66 valence electrons. The van der Waals surface area contributed by atoms with Crippen LogP contribution in [-0.2, 0) is 4.79 Å². The summed E-state index contributed by atoms with van der Waals surface area (Å²) in [4.78, 5) is 10.6. The van der Waals surface area contributed by atoms with E-state index in [1.54, 1.807) is 0 Å². The number of rotatable bonds is 4. The number of hydrogen-bond donors (Lipinski definition) is 2. The Morgan fingerprint density at radius 1 is 1.82 bits per heavy atom. The summed E-state index contributed by atoms with van der Waals surface area (Å²) in [5.41, 5.74) is -0.419. The lowest BCUT2D eigenvalue weighted by molar-refractivity contribution is -0.137. The zero-order valence-electron chi connectivity index (χ0n) is 10.3. The van der Waals surface area contributed by atoms with E-state index in [9.17, 15) is 4.79 Å². The molecule has 1 atom stereocenters. The van der Waals surface area contributed by atoms with Crippen molar-refractivity contribution in [3.63, 3.8) is 0 Å². The summed E-state index contributed by atoms with van der Waals surface area (Å²) in [6, 6.07) is 0. The molecule has 0 saturated heterocycles. The molecule has 0 aliphatic heterocycles. The fraction of sp³-hybridized carbons (Fsp3) is 0.875. The van der Waals surface area contributed by atoms with Crippen LogP contribution in [0.15, 0.2) is 0 Å². The summed E-state index contributed by atoms with van der Waals surface area (Å²) in [6.07, 6.45) is 0.210. The quantitative estimate of drug-likeness (QED) is 0.654. The Morgan fingerprint density at radius 3 is 2.91 bits per heavy atom. The second-order valence-corrected chi connectivity index (χ2v) is 3.39. The van der Waals surface area contributed by atoms with Gasteiger partial charge in [-0.3, -0.25) is 4.79 Å². The molecular weight excluding hydrogens is 142 g/mol. The van der Waals surface area contributed by atoms with Crippen LogP contribution >= 0.6 is 0 Å². The third-order valence-corrected chi connectivity index (χ3v) is 0.956. The number of nitrogens with one attached hydrogen (secondary N) is 1. The van der Waals surface area contributed by atoms with Gasteiger partial charge in [0.1, 0.15) is 1.41 Å². The van der Waals surface area contributed by atoms with E-state index in [4.69, 9.17) is 4.21 Å². The lowest BCUT2D eigenvalue weighted by Crippen LogP contribution is -2.36. The smallest absolute Gasteiger partial charge is 0.303 e. The minimum Gasteiger partial charge on any atom is -0.481 e. The monoisotopic (exact) mass is 162 g/mol. The maximum absolute atomic E-state index is 10.6. The van der Waals surface area contributed by atoms with Crippen molar-refractivity contribution in [2.45, 2.75) is 39.2 Å². The average molecular weight is 162 g/mol. The van der Waals surface area contributed by atoms with Gasteiger partial charge in [0, 0.05) is 13.3 Å². The molecule has 0 rings (SSSR count). The number of hydrogen-bond acceptors (Lipinski definition) is 3. The van der Waals surface area contributed by atoms with Gasteiger partial charge in [0.15, 0.2) is 0 Å². The van der Waals surface area contributed by atoms with Crippen molar-refractivity contribution < 1.29 is 12.7 Å². The van der Waals surface area contributed by atoms with E-state index in [1.165, 1.54) is 0 Å². The maximum Gasteiger partial charge on any atom is 0.303 e. The molecule has 0 aromatic heterocycles. The van der Waals surface area contributed by atoms with Gasteiger partial charge in [-0.05, 0) is 33.7 Å². The van der Waals surface area contributed by atoms with E-state index in [2.05, 4.69) is 5.11 Å². The van der Waals surface area contributed by atoms with Crippen LogP contribution in [0.1, 0.15) is 35.0 Å². The lowest BCUT2D eigenvalue weighted by Gasteiger charge is -2.19. The Morgan fingerprint density at radius 2 is 2.45 bits per heavy atom. The minimum atomic E-state index is -0.769. The summed E-state index contributed by atoms with van der Waals surface area (Å²) in [5, 5.41) is 4.84. The van der Waals surface area contributed by atoms with E-state index in [0.717, 1.165) is 5.31 Å². The first-order chi connectivity index (χ1) is 6.29. The molecule has 0 aliphatic carbocycles. The van der Waals surface area contributed by atoms with Crippen LogP contribution in [0.3, 0.4) is 0 Å². The van der Waals surface area contributed by atoms with Crippen LogP contribution in [0.25, 0.3) is 1.43 Å². The molecule has 0 aromatic rings. The zero-order valence-corrected chi connectivity index (χ0v) is 7.26. The van der Waals surface area contributed by atoms with Gasteiger partial charge in [0.05, 0.1) is 0 Å². The molecule has 1 unspecified atom stereocenters. The molecule has 0 fully saturated rings. The van der Waals surface area contributed by atoms with E-state index in [1.807, 2.05) is 20.8 Å². The van der Waals surface area contributed by atoms with Gasteiger partial charge in [-0.1, -0.05) is 0 Å². The Bertz CT molecular complexity index is 194. The van der Waals surface area contributed by atoms with Crippen molar-refractivity contribution in [3.05, 3.63) is 0 Å². The minimum absolute atomic E-state index is 0.00310. The molecule has 0 saturated carbocycles. The fourth-order valence-corrected chi connectivity index (χ4v) is 0.521. The Balaban J connectivity index is 3.96. The first kappa shape index (κ1) is 6.00. The molecule has 0 aliphatic rings. The van der Waals surface area contributed by atoms with Crippen LogP contribution in [0.5, 0.6) is 0 Å². The lowest BCUT2D eigenvalue weighted by atomic mass is 10.1. The molecular formula is C8H17NO2. The summed E-state index contributed by atoms with van der Waals surface area (Å²) < 4.78 is 21.5. The maximum atomic E-state index is 10.6. The predicted octanol–water partition coefficient (Wildman–Crippen LogP) is 1.24. The van der Waals surface area contributed by atoms with Gasteiger partial charge in [0.2, 0.25) is 0 Å². The molecule has 3 heteroatoms. The van der Waals surface area contributed by atoms with Gasteiger partial charge in [-0.25, -0.2) is 0 Å². The Hall–Kier alpha value is -0.570. The topological polar surface area (TPSA) is 49.3 Å². The largest absolute Gasteiger partial charge is 0.481 e. The summed E-state index contributed by atoms with van der Waals surface area (Å²) in [7, 11) is 0. The van der Waals surface area contributed by atoms with E-state index >= 15 is 0 Å². The van der Waals surface area contributed by atoms with E-state index in [0.29, 0.717) is 0 Å². The molecule has 3 nitrogen and oxygen atoms in total. The highest BCUT2D eigenvalue weighted by Crippen LogP contribution is 1.98. The van der Waals surface area contributed by atoms with Crippen molar-refractivity contribution in [3.8, 4) is 0 Å². The molecule has 2 N–H and O–H groups in total. The molecule has 0 aromatic carbocycles. The molecule has 0 bridgehead atoms. The van der Waals surface area contributed by atoms with Gasteiger partial charge in [-0.2, -0.15) is 0 Å². The van der Waals surface area contributed by atoms with Crippen molar-refractivity contribution in [1.29, 1.82) is 1.43 Å². The van der Waals surface area contributed by atoms with E-state index < -0.39 is 18.0 Å². The third kappa shape index (κ3) is 9.43. The van der Waals surface area contributed by atoms with Crippen LogP contribution in [0.4, 0.5) is 0 Å². The van der Waals surface area contributed by atoms with Crippen molar-refractivity contribution in [1.82, 2.24) is 5.31 Å². The van der Waals surface area contributed by atoms with Crippen LogP contribution in [-0.4, -0.2) is 23.1 Å². The van der Waals surface area contributed by atoms with Gasteiger partial charge < -0.3 is 10.4 Å². The first-order valence-corrected chi connectivity index (χ1v) is 3.65. The van der Waals surface area contributed by atoms with Crippen molar-refractivity contribution in [2.24, 2.45) is 0 Å². The average Bonchev–Trinajstić information content (AvgIpc) is 2.10. The third-order valence-electron chi connectivity index (χ3n) is 0.956. The zero-order chi connectivity index (χ0) is 11.4. The SMILES string of the molecule is [2H]OC(=O)CCC([2H])N([2H])C(C)(C)C. The summed E-state index contributed by atoms with van der Waals surface area (Å²) >= 11 is 0. The second-order valence-electron chi connectivity index (χ2n) is 3.39. The highest BCUT2D eigenvalue weighted by atomic mass is 16.4. The highest BCUT2D eigenvalue weighted by Gasteiger charge is 2.07. The number of aliphatic carboxylic acids is 1. The van der Waals surface area contributed by atoms with Gasteiger partial charge >= 0.3 is 5.97 Å². The van der Waals surface area contributed by atoms with Gasteiger partial charge in [-0.15, -0.1) is 0 Å². The Kier molecular flexibility index (Phi) is 2.37. The number of carboxylic acid groups (broad SMARTS) is 1. The van der Waals surface area contributed by atoms with Crippen LogP contribution < -0.4 is 5.31 Å². The highest BCUT2D eigenvalue weighted by molar-refractivity contribution is 5.66. The van der Waals surface area contributed by atoms with Gasteiger partial charge in [0.25, 0.3) is 1.43 Å². The van der Waals surface area contributed by atoms with Crippen molar-refractivity contribution >= 4 is 5.97 Å². The number of carboxylic acids is 1. The molecule has 0 amide bonds. The van der Waals surface area contributed by atoms with E-state index in [-0.39, 0.29) is 12.8 Å². The number of carbonyl (C=O) groups is 1. The standard InChI is InChI=1S/C8H17NO2/c1-8(2,3)9-6-4-5-7(10)11/h9H,4-6H2,1-3H3,(H,10,11)/i6D/hD2. The van der Waals surface area contributed by atoms with Crippen molar-refractivity contribution in [2.75, 3.05) is 6.52 Å². The normalized spacial score (nSPS) is 18.4. The summed E-state index contributed by atoms with van der Waals surface area (Å²) in [6.45, 7) is 4.70. The molecule has 0 spiro atoms. The molecule has 11 heavy (non-hydrogen) atoms. The Labute approximate surface area is 72.2 Å². The predicted molar refractivity (Wildman–Crippen MR) is 44.6 cm³/mol. The first-order valence-electron chi connectivity index (χ1n) is 5.08. The van der Waals surface area contributed by atoms with Crippen LogP contribution in [0, 0.1) is 0 Å². The second kappa shape index (κ2) is 4.34. The van der Waals surface area contributed by atoms with Crippen LogP contribution in [0.2, 0.25) is 1.41 Å². The fourth-order valence-electron chi connectivity index (χ4n) is 0.521. The molecule has 0 heterocycles. The summed E-state index contributed by atoms with van der Waals surface area (Å²) in [5.74, 6) is -0.662.